The van der Waals surface area contributed by atoms with Crippen LogP contribution in [0.15, 0.2) is 101 Å². The number of aromatic hydroxyl groups is 1. The van der Waals surface area contributed by atoms with Crippen molar-refractivity contribution in [1.82, 2.24) is 15.0 Å². The van der Waals surface area contributed by atoms with Crippen LogP contribution in [0.25, 0.3) is 11.0 Å². The quantitative estimate of drug-likeness (QED) is 0.244. The van der Waals surface area contributed by atoms with Crippen molar-refractivity contribution in [3.63, 3.8) is 0 Å². The molecule has 0 spiro atoms. The number of phenolic OH excluding ortho intramolecular Hbond substituents is 1. The molecule has 0 saturated carbocycles. The lowest BCUT2D eigenvalue weighted by Gasteiger charge is -2.15. The first kappa shape index (κ1) is 22.6. The lowest BCUT2D eigenvalue weighted by Crippen LogP contribution is -2.12. The highest BCUT2D eigenvalue weighted by molar-refractivity contribution is 7.99. The summed E-state index contributed by atoms with van der Waals surface area (Å²) in [5, 5.41) is 17.3. The van der Waals surface area contributed by atoms with Gasteiger partial charge in [0.1, 0.15) is 17.9 Å². The Hall–Kier alpha value is -4.14. The summed E-state index contributed by atoms with van der Waals surface area (Å²) in [6.07, 6.45) is 3.13. The molecule has 7 nitrogen and oxygen atoms in total. The zero-order chi connectivity index (χ0) is 24.2. The number of fused-ring (bicyclic) bond motifs is 1. The molecule has 0 unspecified atom stereocenters. The molecular weight excluding hydrogens is 482 g/mol. The van der Waals surface area contributed by atoms with Gasteiger partial charge in [0, 0.05) is 32.3 Å². The number of aromatic nitrogens is 3. The lowest BCUT2D eigenvalue weighted by molar-refractivity contribution is 0.102. The average Bonchev–Trinajstić information content (AvgIpc) is 2.87. The van der Waals surface area contributed by atoms with Crippen LogP contribution >= 0.6 is 23.4 Å². The second-order valence-electron chi connectivity index (χ2n) is 7.49. The summed E-state index contributed by atoms with van der Waals surface area (Å²) in [5.41, 5.74) is 2.42. The van der Waals surface area contributed by atoms with Gasteiger partial charge in [-0.05, 0) is 78.9 Å². The van der Waals surface area contributed by atoms with Crippen molar-refractivity contribution < 1.29 is 9.90 Å². The molecule has 35 heavy (non-hydrogen) atoms. The average molecular weight is 500 g/mol. The highest BCUT2D eigenvalue weighted by atomic mass is 35.5. The maximum Gasteiger partial charge on any atom is 0.255 e. The van der Waals surface area contributed by atoms with E-state index in [-0.39, 0.29) is 11.7 Å². The molecule has 5 rings (SSSR count). The first-order valence-corrected chi connectivity index (χ1v) is 11.8. The number of benzene rings is 3. The predicted molar refractivity (Wildman–Crippen MR) is 139 cm³/mol. The minimum absolute atomic E-state index is 0.202. The Morgan fingerprint density at radius 3 is 2.51 bits per heavy atom. The fourth-order valence-corrected chi connectivity index (χ4v) is 4.37. The van der Waals surface area contributed by atoms with Gasteiger partial charge in [-0.2, -0.15) is 0 Å². The van der Waals surface area contributed by atoms with Crippen molar-refractivity contribution >= 4 is 57.5 Å². The Labute approximate surface area is 210 Å². The van der Waals surface area contributed by atoms with Gasteiger partial charge in [0.2, 0.25) is 0 Å². The largest absolute Gasteiger partial charge is 0.508 e. The summed E-state index contributed by atoms with van der Waals surface area (Å²) in [6, 6.07) is 23.0. The zero-order valence-electron chi connectivity index (χ0n) is 18.1. The minimum Gasteiger partial charge on any atom is -0.508 e. The highest BCUT2D eigenvalue weighted by Gasteiger charge is 2.13. The Kier molecular flexibility index (Phi) is 6.47. The highest BCUT2D eigenvalue weighted by Crippen LogP contribution is 2.37. The van der Waals surface area contributed by atoms with E-state index >= 15 is 0 Å². The number of nitrogens with one attached hydrogen (secondary N) is 2. The molecular formula is C26H18ClN5O2S. The number of hydrogen-bond acceptors (Lipinski definition) is 7. The zero-order valence-corrected chi connectivity index (χ0v) is 19.7. The monoisotopic (exact) mass is 499 g/mol. The maximum absolute atomic E-state index is 12.7. The molecule has 3 N–H and O–H groups in total. The normalized spacial score (nSPS) is 10.8. The maximum atomic E-state index is 12.7. The number of halogens is 1. The van der Waals surface area contributed by atoms with Crippen LogP contribution in [0, 0.1) is 0 Å². The van der Waals surface area contributed by atoms with E-state index in [1.165, 1.54) is 18.1 Å². The number of hydrogen-bond donors (Lipinski definition) is 3. The van der Waals surface area contributed by atoms with Crippen molar-refractivity contribution in [2.75, 3.05) is 10.6 Å². The first-order chi connectivity index (χ1) is 17.0. The van der Waals surface area contributed by atoms with Gasteiger partial charge in [-0.1, -0.05) is 23.4 Å². The van der Waals surface area contributed by atoms with E-state index < -0.39 is 0 Å². The van der Waals surface area contributed by atoms with E-state index in [0.717, 1.165) is 20.9 Å². The summed E-state index contributed by atoms with van der Waals surface area (Å²) < 4.78 is 0. The molecule has 3 aromatic carbocycles. The van der Waals surface area contributed by atoms with E-state index in [0.29, 0.717) is 27.7 Å². The van der Waals surface area contributed by atoms with Crippen molar-refractivity contribution in [3.8, 4) is 5.75 Å². The molecule has 0 aliphatic rings. The number of pyridine rings is 1. The molecule has 0 fully saturated rings. The summed E-state index contributed by atoms with van der Waals surface area (Å²) in [4.78, 5) is 27.5. The SMILES string of the molecule is O=C(Nc1ccc(Sc2ccc(O)cc2)c(Nc2ncnc3ncccc23)c1)c1ccc(Cl)cc1. The number of carbonyl (C=O) groups excluding carboxylic acids is 1. The molecule has 0 saturated heterocycles. The minimum atomic E-state index is -0.247. The Morgan fingerprint density at radius 2 is 1.71 bits per heavy atom. The molecule has 0 aliphatic heterocycles. The molecule has 1 amide bonds. The van der Waals surface area contributed by atoms with E-state index in [1.807, 2.05) is 42.5 Å². The van der Waals surface area contributed by atoms with Gasteiger partial charge in [-0.15, -0.1) is 0 Å². The lowest BCUT2D eigenvalue weighted by atomic mass is 10.2. The number of amides is 1. The third-order valence-corrected chi connectivity index (χ3v) is 6.41. The number of carbonyl (C=O) groups is 1. The Bertz CT molecular complexity index is 1510. The van der Waals surface area contributed by atoms with Crippen LogP contribution in [0.5, 0.6) is 5.75 Å². The molecule has 2 heterocycles. The van der Waals surface area contributed by atoms with Crippen LogP contribution < -0.4 is 10.6 Å². The van der Waals surface area contributed by atoms with Gasteiger partial charge in [0.15, 0.2) is 5.65 Å². The number of nitrogens with zero attached hydrogens (tertiary/aromatic N) is 3. The summed E-state index contributed by atoms with van der Waals surface area (Å²) in [5.74, 6) is 0.549. The van der Waals surface area contributed by atoms with E-state index in [9.17, 15) is 9.90 Å². The summed E-state index contributed by atoms with van der Waals surface area (Å²) in [7, 11) is 0. The third-order valence-electron chi connectivity index (χ3n) is 5.07. The van der Waals surface area contributed by atoms with Gasteiger partial charge < -0.3 is 15.7 Å². The fourth-order valence-electron chi connectivity index (χ4n) is 3.36. The van der Waals surface area contributed by atoms with E-state index in [1.54, 1.807) is 42.6 Å². The van der Waals surface area contributed by atoms with Crippen molar-refractivity contribution in [2.24, 2.45) is 0 Å². The van der Waals surface area contributed by atoms with Crippen LogP contribution in [0.2, 0.25) is 5.02 Å². The van der Waals surface area contributed by atoms with Gasteiger partial charge in [0.25, 0.3) is 5.91 Å². The van der Waals surface area contributed by atoms with Crippen molar-refractivity contribution in [2.45, 2.75) is 9.79 Å². The topological polar surface area (TPSA) is 100 Å². The molecule has 0 atom stereocenters. The molecule has 0 radical (unpaired) electrons. The van der Waals surface area contributed by atoms with Crippen molar-refractivity contribution in [1.29, 1.82) is 0 Å². The fraction of sp³-hybridized carbons (Fsp3) is 0. The van der Waals surface area contributed by atoms with Crippen LogP contribution in [0.3, 0.4) is 0 Å². The number of rotatable bonds is 6. The summed E-state index contributed by atoms with van der Waals surface area (Å²) in [6.45, 7) is 0. The Morgan fingerprint density at radius 1 is 0.914 bits per heavy atom. The molecule has 9 heteroatoms. The second-order valence-corrected chi connectivity index (χ2v) is 9.04. The van der Waals surface area contributed by atoms with Crippen LogP contribution in [0.4, 0.5) is 17.2 Å². The van der Waals surface area contributed by atoms with Gasteiger partial charge >= 0.3 is 0 Å². The Balaban J connectivity index is 1.49. The van der Waals surface area contributed by atoms with Gasteiger partial charge in [0.05, 0.1) is 11.1 Å². The summed E-state index contributed by atoms with van der Waals surface area (Å²) >= 11 is 7.45. The van der Waals surface area contributed by atoms with E-state index in [2.05, 4.69) is 25.6 Å². The molecule has 0 aliphatic carbocycles. The predicted octanol–water partition coefficient (Wildman–Crippen LogP) is 6.53. The molecule has 5 aromatic rings. The first-order valence-electron chi connectivity index (χ1n) is 10.6. The van der Waals surface area contributed by atoms with Crippen LogP contribution in [0.1, 0.15) is 10.4 Å². The molecule has 0 bridgehead atoms. The molecule has 2 aromatic heterocycles. The number of phenols is 1. The second kappa shape index (κ2) is 10.0. The molecule has 172 valence electrons. The van der Waals surface area contributed by atoms with Gasteiger partial charge in [-0.25, -0.2) is 15.0 Å². The van der Waals surface area contributed by atoms with E-state index in [4.69, 9.17) is 11.6 Å². The van der Waals surface area contributed by atoms with Crippen molar-refractivity contribution in [3.05, 3.63) is 102 Å². The van der Waals surface area contributed by atoms with Gasteiger partial charge in [-0.3, -0.25) is 4.79 Å². The van der Waals surface area contributed by atoms with Crippen LogP contribution in [-0.2, 0) is 0 Å². The smallest absolute Gasteiger partial charge is 0.255 e. The number of anilines is 3. The standard InChI is InChI=1S/C26H18ClN5O2S/c27-17-5-3-16(4-6-17)26(34)31-18-7-12-23(35-20-10-8-19(33)9-11-20)22(14-18)32-25-21-2-1-13-28-24(21)29-15-30-25/h1-15,33H,(H,31,34)(H,28,29,30,32). The van der Waals surface area contributed by atoms with Crippen LogP contribution in [-0.4, -0.2) is 26.0 Å². The third kappa shape index (κ3) is 5.34.